The zero-order valence-electron chi connectivity index (χ0n) is 10.2. The molecule has 0 heterocycles. The molecule has 2 aliphatic rings. The maximum absolute atomic E-state index is 9.80. The highest BCUT2D eigenvalue weighted by molar-refractivity contribution is 5.40. The van der Waals surface area contributed by atoms with Gasteiger partial charge >= 0.3 is 0 Å². The molecule has 1 fully saturated rings. The van der Waals surface area contributed by atoms with Crippen LogP contribution in [0.25, 0.3) is 0 Å². The molecule has 1 aromatic carbocycles. The van der Waals surface area contributed by atoms with Crippen molar-refractivity contribution >= 4 is 0 Å². The van der Waals surface area contributed by atoms with Crippen molar-refractivity contribution < 1.29 is 5.11 Å². The van der Waals surface area contributed by atoms with Crippen LogP contribution in [0.15, 0.2) is 18.2 Å². The summed E-state index contributed by atoms with van der Waals surface area (Å²) >= 11 is 0. The molecule has 1 saturated carbocycles. The first-order chi connectivity index (χ1) is 8.25. The first kappa shape index (κ1) is 11.2. The molecule has 17 heavy (non-hydrogen) atoms. The Bertz CT molecular complexity index is 409. The summed E-state index contributed by atoms with van der Waals surface area (Å²) in [5.41, 5.74) is 9.90. The van der Waals surface area contributed by atoms with Gasteiger partial charge in [-0.1, -0.05) is 37.5 Å². The summed E-state index contributed by atoms with van der Waals surface area (Å²) in [6.45, 7) is 0. The Morgan fingerprint density at radius 1 is 1.12 bits per heavy atom. The topological polar surface area (TPSA) is 46.2 Å². The number of aliphatic hydroxyl groups is 1. The van der Waals surface area contributed by atoms with E-state index in [0.29, 0.717) is 0 Å². The van der Waals surface area contributed by atoms with Gasteiger partial charge in [-0.05, 0) is 35.4 Å². The summed E-state index contributed by atoms with van der Waals surface area (Å²) in [5.74, 6) is 0.721. The Kier molecular flexibility index (Phi) is 2.93. The second kappa shape index (κ2) is 4.43. The molecular weight excluding hydrogens is 210 g/mol. The smallest absolute Gasteiger partial charge is 0.0773 e. The molecular formula is C15H21NO. The number of benzene rings is 1. The van der Waals surface area contributed by atoms with E-state index in [2.05, 4.69) is 18.2 Å². The third-order valence-electron chi connectivity index (χ3n) is 4.45. The SMILES string of the molecule is N[C@@H]1c2cc(C3CCCCC3)ccc2C[C@@H]1O. The summed E-state index contributed by atoms with van der Waals surface area (Å²) in [6.07, 6.45) is 7.08. The van der Waals surface area contributed by atoms with Crippen molar-refractivity contribution in [2.45, 2.75) is 56.6 Å². The maximum atomic E-state index is 9.80. The van der Waals surface area contributed by atoms with E-state index < -0.39 is 0 Å². The van der Waals surface area contributed by atoms with Crippen molar-refractivity contribution in [3.05, 3.63) is 34.9 Å². The minimum absolute atomic E-state index is 0.173. The van der Waals surface area contributed by atoms with E-state index in [4.69, 9.17) is 5.73 Å². The van der Waals surface area contributed by atoms with Crippen molar-refractivity contribution in [3.8, 4) is 0 Å². The van der Waals surface area contributed by atoms with Crippen LogP contribution in [0.3, 0.4) is 0 Å². The summed E-state index contributed by atoms with van der Waals surface area (Å²) in [6, 6.07) is 6.51. The lowest BCUT2D eigenvalue weighted by atomic mass is 9.83. The standard InChI is InChI=1S/C15H21NO/c16-15-13-8-11(10-4-2-1-3-5-10)6-7-12(13)9-14(15)17/h6-8,10,14-15,17H,1-5,9,16H2/t14-,15+/m0/s1. The van der Waals surface area contributed by atoms with Crippen LogP contribution in [0.1, 0.15) is 60.8 Å². The molecule has 92 valence electrons. The third kappa shape index (κ3) is 2.00. The Labute approximate surface area is 103 Å². The number of hydrogen-bond acceptors (Lipinski definition) is 2. The molecule has 2 nitrogen and oxygen atoms in total. The number of nitrogens with two attached hydrogens (primary N) is 1. The predicted octanol–water partition coefficient (Wildman–Crippen LogP) is 2.65. The van der Waals surface area contributed by atoms with E-state index >= 15 is 0 Å². The van der Waals surface area contributed by atoms with Gasteiger partial charge in [-0.25, -0.2) is 0 Å². The predicted molar refractivity (Wildman–Crippen MR) is 68.9 cm³/mol. The fourth-order valence-corrected chi connectivity index (χ4v) is 3.36. The van der Waals surface area contributed by atoms with Crippen LogP contribution in [-0.4, -0.2) is 11.2 Å². The van der Waals surface area contributed by atoms with Crippen molar-refractivity contribution in [2.75, 3.05) is 0 Å². The van der Waals surface area contributed by atoms with Gasteiger partial charge < -0.3 is 10.8 Å². The fraction of sp³-hybridized carbons (Fsp3) is 0.600. The molecule has 0 spiro atoms. The summed E-state index contributed by atoms with van der Waals surface area (Å²) in [5, 5.41) is 9.80. The van der Waals surface area contributed by atoms with Gasteiger partial charge in [0.2, 0.25) is 0 Å². The van der Waals surface area contributed by atoms with E-state index in [1.165, 1.54) is 48.8 Å². The van der Waals surface area contributed by atoms with Crippen molar-refractivity contribution in [2.24, 2.45) is 5.73 Å². The van der Waals surface area contributed by atoms with E-state index in [-0.39, 0.29) is 12.1 Å². The summed E-state index contributed by atoms with van der Waals surface area (Å²) in [7, 11) is 0. The highest BCUT2D eigenvalue weighted by atomic mass is 16.3. The molecule has 2 heteroatoms. The van der Waals surface area contributed by atoms with Gasteiger partial charge in [0.1, 0.15) is 0 Å². The maximum Gasteiger partial charge on any atom is 0.0773 e. The minimum Gasteiger partial charge on any atom is -0.391 e. The number of hydrogen-bond donors (Lipinski definition) is 2. The van der Waals surface area contributed by atoms with Crippen molar-refractivity contribution in [3.63, 3.8) is 0 Å². The van der Waals surface area contributed by atoms with E-state index in [1.807, 2.05) is 0 Å². The third-order valence-corrected chi connectivity index (χ3v) is 4.45. The molecule has 2 aliphatic carbocycles. The van der Waals surface area contributed by atoms with Gasteiger partial charge in [0.25, 0.3) is 0 Å². The molecule has 0 aromatic heterocycles. The van der Waals surface area contributed by atoms with Crippen LogP contribution < -0.4 is 5.73 Å². The highest BCUT2D eigenvalue weighted by Crippen LogP contribution is 2.37. The normalized spacial score (nSPS) is 29.3. The highest BCUT2D eigenvalue weighted by Gasteiger charge is 2.28. The molecule has 2 atom stereocenters. The van der Waals surface area contributed by atoms with Crippen LogP contribution in [0.5, 0.6) is 0 Å². The van der Waals surface area contributed by atoms with Crippen LogP contribution in [0.2, 0.25) is 0 Å². The molecule has 3 rings (SSSR count). The number of rotatable bonds is 1. The van der Waals surface area contributed by atoms with Crippen LogP contribution in [0, 0.1) is 0 Å². The van der Waals surface area contributed by atoms with E-state index in [9.17, 15) is 5.11 Å². The lowest BCUT2D eigenvalue weighted by Gasteiger charge is -2.23. The molecule has 0 amide bonds. The summed E-state index contributed by atoms with van der Waals surface area (Å²) < 4.78 is 0. The fourth-order valence-electron chi connectivity index (χ4n) is 3.36. The van der Waals surface area contributed by atoms with Crippen LogP contribution in [0.4, 0.5) is 0 Å². The molecule has 3 N–H and O–H groups in total. The monoisotopic (exact) mass is 231 g/mol. The quantitative estimate of drug-likeness (QED) is 0.780. The molecule has 0 saturated heterocycles. The van der Waals surface area contributed by atoms with Crippen LogP contribution >= 0.6 is 0 Å². The lowest BCUT2D eigenvalue weighted by Crippen LogP contribution is -2.21. The lowest BCUT2D eigenvalue weighted by molar-refractivity contribution is 0.158. The molecule has 0 aliphatic heterocycles. The molecule has 1 aromatic rings. The number of aliphatic hydroxyl groups excluding tert-OH is 1. The Morgan fingerprint density at radius 3 is 2.65 bits per heavy atom. The van der Waals surface area contributed by atoms with Gasteiger partial charge in [-0.15, -0.1) is 0 Å². The molecule has 0 bridgehead atoms. The largest absolute Gasteiger partial charge is 0.391 e. The van der Waals surface area contributed by atoms with Crippen molar-refractivity contribution in [1.29, 1.82) is 0 Å². The van der Waals surface area contributed by atoms with Crippen molar-refractivity contribution in [1.82, 2.24) is 0 Å². The zero-order valence-corrected chi connectivity index (χ0v) is 10.2. The second-order valence-corrected chi connectivity index (χ2v) is 5.59. The van der Waals surface area contributed by atoms with Gasteiger partial charge in [-0.2, -0.15) is 0 Å². The van der Waals surface area contributed by atoms with Gasteiger partial charge in [-0.3, -0.25) is 0 Å². The summed E-state index contributed by atoms with van der Waals surface area (Å²) in [4.78, 5) is 0. The van der Waals surface area contributed by atoms with E-state index in [0.717, 1.165) is 12.3 Å². The van der Waals surface area contributed by atoms with Gasteiger partial charge in [0, 0.05) is 6.42 Å². The van der Waals surface area contributed by atoms with Crippen LogP contribution in [-0.2, 0) is 6.42 Å². The molecule has 0 unspecified atom stereocenters. The first-order valence-corrected chi connectivity index (χ1v) is 6.82. The Morgan fingerprint density at radius 2 is 1.88 bits per heavy atom. The Hall–Kier alpha value is -0.860. The first-order valence-electron chi connectivity index (χ1n) is 6.82. The molecule has 0 radical (unpaired) electrons. The second-order valence-electron chi connectivity index (χ2n) is 5.59. The average Bonchev–Trinajstić information content (AvgIpc) is 2.66. The number of fused-ring (bicyclic) bond motifs is 1. The zero-order chi connectivity index (χ0) is 11.8. The average molecular weight is 231 g/mol. The van der Waals surface area contributed by atoms with Gasteiger partial charge in [0.05, 0.1) is 12.1 Å². The Balaban J connectivity index is 1.88. The van der Waals surface area contributed by atoms with Gasteiger partial charge in [0.15, 0.2) is 0 Å². The minimum atomic E-state index is -0.383. The van der Waals surface area contributed by atoms with E-state index in [1.54, 1.807) is 0 Å².